The van der Waals surface area contributed by atoms with Crippen LogP contribution in [0.2, 0.25) is 0 Å². The summed E-state index contributed by atoms with van der Waals surface area (Å²) in [5, 5.41) is 3.18. The first-order valence-electron chi connectivity index (χ1n) is 10.0. The van der Waals surface area contributed by atoms with Gasteiger partial charge in [-0.05, 0) is 36.2 Å². The Kier molecular flexibility index (Phi) is 7.08. The summed E-state index contributed by atoms with van der Waals surface area (Å²) in [4.78, 5) is 38.4. The lowest BCUT2D eigenvalue weighted by atomic mass is 10.1. The van der Waals surface area contributed by atoms with Crippen LogP contribution in [-0.2, 0) is 11.2 Å². The van der Waals surface area contributed by atoms with E-state index in [2.05, 4.69) is 0 Å². The summed E-state index contributed by atoms with van der Waals surface area (Å²) in [6.45, 7) is -0.436. The number of nitrogens with zero attached hydrogens (tertiary/aromatic N) is 1. The molecule has 0 unspecified atom stereocenters. The van der Waals surface area contributed by atoms with Crippen LogP contribution in [0.15, 0.2) is 36.4 Å². The van der Waals surface area contributed by atoms with Crippen LogP contribution >= 0.6 is 0 Å². The van der Waals surface area contributed by atoms with Crippen LogP contribution in [0, 0.1) is 5.82 Å². The Balaban J connectivity index is 1.90. The fourth-order valence-electron chi connectivity index (χ4n) is 3.47. The maximum Gasteiger partial charge on any atom is 0.440 e. The number of hydrogen-bond donors (Lipinski definition) is 2. The van der Waals surface area contributed by atoms with Crippen molar-refractivity contribution in [2.75, 3.05) is 27.9 Å². The Bertz CT molecular complexity index is 1110. The van der Waals surface area contributed by atoms with Crippen molar-refractivity contribution in [3.8, 4) is 17.2 Å². The molecule has 3 rings (SSSR count). The van der Waals surface area contributed by atoms with Crippen molar-refractivity contribution in [1.29, 1.82) is 0 Å². The van der Waals surface area contributed by atoms with Gasteiger partial charge >= 0.3 is 12.2 Å². The number of benzene rings is 2. The van der Waals surface area contributed by atoms with Crippen LogP contribution in [-0.4, -0.2) is 62.5 Å². The number of nitrogens with one attached hydrogen (secondary N) is 2. The molecule has 1 saturated heterocycles. The van der Waals surface area contributed by atoms with Crippen LogP contribution < -0.4 is 24.8 Å². The molecule has 1 fully saturated rings. The van der Waals surface area contributed by atoms with E-state index >= 15 is 0 Å². The second-order valence-electron chi connectivity index (χ2n) is 7.38. The zero-order valence-electron chi connectivity index (χ0n) is 18.8. The summed E-state index contributed by atoms with van der Waals surface area (Å²) in [6.07, 6.45) is -5.42. The third kappa shape index (κ3) is 4.79. The van der Waals surface area contributed by atoms with E-state index < -0.39 is 42.0 Å². The van der Waals surface area contributed by atoms with E-state index in [1.807, 2.05) is 0 Å². The third-order valence-electron chi connectivity index (χ3n) is 5.30. The minimum atomic E-state index is -5.39. The SMILES string of the molecule is COc1cc(C(=O)N[C@@]2(C(F)(F)F)NC(=O)N(CCc3ccc(F)cc3)C2=O)cc(OC)c1OC. The van der Waals surface area contributed by atoms with Crippen LogP contribution in [0.25, 0.3) is 0 Å². The molecule has 1 atom stereocenters. The average molecular weight is 499 g/mol. The number of amides is 4. The lowest BCUT2D eigenvalue weighted by molar-refractivity contribution is -0.200. The highest BCUT2D eigenvalue weighted by Crippen LogP contribution is 2.39. The smallest absolute Gasteiger partial charge is 0.440 e. The highest BCUT2D eigenvalue weighted by atomic mass is 19.4. The quantitative estimate of drug-likeness (QED) is 0.428. The van der Waals surface area contributed by atoms with Gasteiger partial charge in [0.25, 0.3) is 17.5 Å². The molecule has 1 aliphatic rings. The molecular weight excluding hydrogens is 478 g/mol. The van der Waals surface area contributed by atoms with Gasteiger partial charge in [-0.15, -0.1) is 0 Å². The first-order chi connectivity index (χ1) is 16.5. The molecule has 2 aromatic carbocycles. The molecule has 1 aliphatic heterocycles. The zero-order chi connectivity index (χ0) is 26.0. The highest BCUT2D eigenvalue weighted by Gasteiger charge is 2.68. The fourth-order valence-corrected chi connectivity index (χ4v) is 3.47. The van der Waals surface area contributed by atoms with E-state index in [4.69, 9.17) is 14.2 Å². The Morgan fingerprint density at radius 1 is 1.03 bits per heavy atom. The number of halogens is 4. The second-order valence-corrected chi connectivity index (χ2v) is 7.38. The fraction of sp³-hybridized carbons (Fsp3) is 0.318. The first-order valence-corrected chi connectivity index (χ1v) is 10.0. The van der Waals surface area contributed by atoms with Crippen molar-refractivity contribution < 1.29 is 46.2 Å². The average Bonchev–Trinajstić information content (AvgIpc) is 3.07. The summed E-state index contributed by atoms with van der Waals surface area (Å²) in [6, 6.07) is 5.86. The van der Waals surface area contributed by atoms with Crippen molar-refractivity contribution >= 4 is 17.8 Å². The van der Waals surface area contributed by atoms with Crippen LogP contribution in [0.4, 0.5) is 22.4 Å². The zero-order valence-corrected chi connectivity index (χ0v) is 18.8. The van der Waals surface area contributed by atoms with E-state index in [1.54, 1.807) is 10.6 Å². The minimum Gasteiger partial charge on any atom is -0.493 e. The number of carbonyl (C=O) groups is 3. The monoisotopic (exact) mass is 499 g/mol. The van der Waals surface area contributed by atoms with Crippen LogP contribution in [0.1, 0.15) is 15.9 Å². The van der Waals surface area contributed by atoms with E-state index in [9.17, 15) is 31.9 Å². The van der Waals surface area contributed by atoms with Gasteiger partial charge in [0.05, 0.1) is 21.3 Å². The molecule has 35 heavy (non-hydrogen) atoms. The van der Waals surface area contributed by atoms with E-state index in [-0.39, 0.29) is 29.2 Å². The van der Waals surface area contributed by atoms with Crippen molar-refractivity contribution in [2.45, 2.75) is 18.3 Å². The predicted octanol–water partition coefficient (Wildman–Crippen LogP) is 2.63. The van der Waals surface area contributed by atoms with Crippen LogP contribution in [0.5, 0.6) is 17.2 Å². The normalized spacial score (nSPS) is 17.7. The number of urea groups is 1. The topological polar surface area (TPSA) is 106 Å². The number of rotatable bonds is 8. The van der Waals surface area contributed by atoms with Gasteiger partial charge in [-0.3, -0.25) is 19.8 Å². The molecule has 4 amide bonds. The predicted molar refractivity (Wildman–Crippen MR) is 113 cm³/mol. The van der Waals surface area contributed by atoms with Gasteiger partial charge < -0.3 is 19.5 Å². The summed E-state index contributed by atoms with van der Waals surface area (Å²) in [5.41, 5.74) is -3.57. The Labute approximate surface area is 196 Å². The van der Waals surface area contributed by atoms with Gasteiger partial charge in [-0.2, -0.15) is 13.2 Å². The summed E-state index contributed by atoms with van der Waals surface area (Å²) in [5.74, 6) is -3.50. The number of methoxy groups -OCH3 is 3. The van der Waals surface area contributed by atoms with Crippen LogP contribution in [0.3, 0.4) is 0 Å². The van der Waals surface area contributed by atoms with Crippen molar-refractivity contribution in [2.24, 2.45) is 0 Å². The molecule has 188 valence electrons. The molecule has 0 aromatic heterocycles. The van der Waals surface area contributed by atoms with Gasteiger partial charge in [0.1, 0.15) is 5.82 Å². The summed E-state index contributed by atoms with van der Waals surface area (Å²) < 4.78 is 70.7. The first kappa shape index (κ1) is 25.6. The standard InChI is InChI=1S/C22H21F4N3O6/c1-33-15-10-13(11-16(34-2)17(15)35-3)18(30)27-21(22(24,25)26)19(31)29(20(32)28-21)9-8-12-4-6-14(23)7-5-12/h4-7,10-11H,8-9H2,1-3H3,(H,27,30)(H,28,32)/t21-/m1/s1. The molecule has 0 spiro atoms. The lowest BCUT2D eigenvalue weighted by Gasteiger charge is -2.30. The van der Waals surface area contributed by atoms with Gasteiger partial charge in [0.2, 0.25) is 5.75 Å². The number of alkyl halides is 3. The third-order valence-corrected chi connectivity index (χ3v) is 5.30. The van der Waals surface area contributed by atoms with E-state index in [1.165, 1.54) is 33.5 Å². The largest absolute Gasteiger partial charge is 0.493 e. The van der Waals surface area contributed by atoms with E-state index in [0.29, 0.717) is 10.5 Å². The molecule has 0 bridgehead atoms. The van der Waals surface area contributed by atoms with Crippen molar-refractivity contribution in [3.63, 3.8) is 0 Å². The maximum absolute atomic E-state index is 14.1. The maximum atomic E-state index is 14.1. The van der Waals surface area contributed by atoms with Gasteiger partial charge in [-0.1, -0.05) is 12.1 Å². The van der Waals surface area contributed by atoms with Crippen molar-refractivity contribution in [3.05, 3.63) is 53.3 Å². The summed E-state index contributed by atoms with van der Waals surface area (Å²) >= 11 is 0. The number of imide groups is 1. The molecule has 9 nitrogen and oxygen atoms in total. The van der Waals surface area contributed by atoms with E-state index in [0.717, 1.165) is 24.3 Å². The molecule has 2 N–H and O–H groups in total. The molecular formula is C22H21F4N3O6. The Hall–Kier alpha value is -4.03. The Morgan fingerprint density at radius 2 is 1.60 bits per heavy atom. The van der Waals surface area contributed by atoms with Gasteiger partial charge in [0, 0.05) is 12.1 Å². The molecule has 2 aromatic rings. The molecule has 0 saturated carbocycles. The second kappa shape index (κ2) is 9.68. The van der Waals surface area contributed by atoms with Gasteiger partial charge in [0.15, 0.2) is 11.5 Å². The molecule has 13 heteroatoms. The summed E-state index contributed by atoms with van der Waals surface area (Å²) in [7, 11) is 3.79. The molecule has 0 aliphatic carbocycles. The number of hydrogen-bond acceptors (Lipinski definition) is 6. The lowest BCUT2D eigenvalue weighted by Crippen LogP contribution is -2.69. The number of ether oxygens (including phenoxy) is 3. The molecule has 1 heterocycles. The number of carbonyl (C=O) groups excluding carboxylic acids is 3. The minimum absolute atomic E-state index is 0.0132. The Morgan fingerprint density at radius 3 is 2.09 bits per heavy atom. The van der Waals surface area contributed by atoms with Gasteiger partial charge in [-0.25, -0.2) is 9.18 Å². The highest BCUT2D eigenvalue weighted by molar-refractivity contribution is 6.10. The molecule has 0 radical (unpaired) electrons. The van der Waals surface area contributed by atoms with Crippen molar-refractivity contribution in [1.82, 2.24) is 15.5 Å².